The van der Waals surface area contributed by atoms with Crippen LogP contribution in [0.5, 0.6) is 17.2 Å². The van der Waals surface area contributed by atoms with Crippen LogP contribution in [0.3, 0.4) is 0 Å². The fourth-order valence-electron chi connectivity index (χ4n) is 2.68. The predicted molar refractivity (Wildman–Crippen MR) is 107 cm³/mol. The molecule has 1 atom stereocenters. The zero-order valence-corrected chi connectivity index (χ0v) is 16.7. The lowest BCUT2D eigenvalue weighted by molar-refractivity contribution is -0.128. The van der Waals surface area contributed by atoms with Gasteiger partial charge in [-0.25, -0.2) is 0 Å². The van der Waals surface area contributed by atoms with Gasteiger partial charge in [-0.15, -0.1) is 0 Å². The molecule has 0 fully saturated rings. The third-order valence-electron chi connectivity index (χ3n) is 4.13. The van der Waals surface area contributed by atoms with Crippen molar-refractivity contribution in [2.24, 2.45) is 0 Å². The van der Waals surface area contributed by atoms with E-state index in [1.165, 1.54) is 0 Å². The normalized spacial score (nSPS) is 11.6. The Morgan fingerprint density at radius 3 is 2.56 bits per heavy atom. The number of carbonyl (C=O) groups excluding carboxylic acids is 1. The Kier molecular flexibility index (Phi) is 8.27. The van der Waals surface area contributed by atoms with Gasteiger partial charge in [-0.05, 0) is 55.2 Å². The van der Waals surface area contributed by atoms with Crippen molar-refractivity contribution in [2.75, 3.05) is 20.8 Å². The topological polar surface area (TPSA) is 56.8 Å². The molecular weight excluding hydrogens is 366 g/mol. The number of methoxy groups -OCH3 is 2. The molecule has 2 rings (SSSR count). The highest BCUT2D eigenvalue weighted by atomic mass is 35.5. The number of aryl methyl sites for hydroxylation is 1. The molecule has 6 heteroatoms. The molecule has 0 aliphatic heterocycles. The summed E-state index contributed by atoms with van der Waals surface area (Å²) in [7, 11) is 3.23. The lowest BCUT2D eigenvalue weighted by Gasteiger charge is -2.17. The first kappa shape index (κ1) is 20.9. The number of hydrogen-bond acceptors (Lipinski definition) is 4. The van der Waals surface area contributed by atoms with Crippen LogP contribution in [0.15, 0.2) is 42.5 Å². The van der Waals surface area contributed by atoms with Crippen LogP contribution < -0.4 is 19.5 Å². The van der Waals surface area contributed by atoms with Crippen LogP contribution in [-0.2, 0) is 11.2 Å². The van der Waals surface area contributed by atoms with E-state index in [1.54, 1.807) is 38.5 Å². The van der Waals surface area contributed by atoms with Crippen molar-refractivity contribution in [3.63, 3.8) is 0 Å². The van der Waals surface area contributed by atoms with Crippen molar-refractivity contribution in [2.45, 2.75) is 32.3 Å². The van der Waals surface area contributed by atoms with Crippen molar-refractivity contribution in [1.29, 1.82) is 0 Å². The minimum absolute atomic E-state index is 0.121. The molecule has 27 heavy (non-hydrogen) atoms. The third kappa shape index (κ3) is 6.36. The van der Waals surface area contributed by atoms with Gasteiger partial charge in [-0.1, -0.05) is 30.7 Å². The van der Waals surface area contributed by atoms with E-state index in [2.05, 4.69) is 5.32 Å². The molecule has 1 amide bonds. The zero-order valence-electron chi connectivity index (χ0n) is 16.0. The molecule has 146 valence electrons. The van der Waals surface area contributed by atoms with Crippen molar-refractivity contribution < 1.29 is 19.0 Å². The van der Waals surface area contributed by atoms with Gasteiger partial charge in [-0.2, -0.15) is 0 Å². The van der Waals surface area contributed by atoms with Gasteiger partial charge in [0.1, 0.15) is 5.75 Å². The molecule has 0 aliphatic rings. The molecule has 0 aliphatic carbocycles. The molecular formula is C21H26ClNO4. The van der Waals surface area contributed by atoms with Crippen LogP contribution in [-0.4, -0.2) is 32.8 Å². The number of carbonyl (C=O) groups is 1. The summed E-state index contributed by atoms with van der Waals surface area (Å²) in [6.45, 7) is 2.49. The smallest absolute Gasteiger partial charge is 0.261 e. The van der Waals surface area contributed by atoms with Gasteiger partial charge in [0.2, 0.25) is 0 Å². The van der Waals surface area contributed by atoms with E-state index in [-0.39, 0.29) is 5.91 Å². The van der Waals surface area contributed by atoms with Gasteiger partial charge < -0.3 is 19.5 Å². The molecule has 0 saturated carbocycles. The van der Waals surface area contributed by atoms with E-state index in [0.717, 1.165) is 18.4 Å². The number of rotatable bonds is 10. The fraction of sp³-hybridized carbons (Fsp3) is 0.381. The van der Waals surface area contributed by atoms with Crippen LogP contribution in [0.4, 0.5) is 0 Å². The highest BCUT2D eigenvalue weighted by Gasteiger charge is 2.18. The Hall–Kier alpha value is -2.40. The molecule has 0 heterocycles. The molecule has 0 radical (unpaired) electrons. The molecule has 0 bridgehead atoms. The van der Waals surface area contributed by atoms with Gasteiger partial charge in [0.15, 0.2) is 17.6 Å². The SMILES string of the molecule is CC[C@@H](Oc1cccc(Cl)c1)C(=O)NCCCc1ccc(OC)c(OC)c1. The number of halogens is 1. The molecule has 5 nitrogen and oxygen atoms in total. The molecule has 2 aromatic carbocycles. The van der Waals surface area contributed by atoms with Gasteiger partial charge in [0, 0.05) is 11.6 Å². The number of ether oxygens (including phenoxy) is 3. The number of nitrogens with one attached hydrogen (secondary N) is 1. The Morgan fingerprint density at radius 2 is 1.89 bits per heavy atom. The first-order chi connectivity index (χ1) is 13.1. The number of amides is 1. The lowest BCUT2D eigenvalue weighted by Crippen LogP contribution is -2.38. The summed E-state index contributed by atoms with van der Waals surface area (Å²) in [5.74, 6) is 1.89. The molecule has 0 aromatic heterocycles. The van der Waals surface area contributed by atoms with Crippen LogP contribution >= 0.6 is 11.6 Å². The minimum atomic E-state index is -0.537. The Labute approximate surface area is 165 Å². The summed E-state index contributed by atoms with van der Waals surface area (Å²) in [4.78, 5) is 12.4. The summed E-state index contributed by atoms with van der Waals surface area (Å²) in [6.07, 6.45) is 1.68. The molecule has 0 unspecified atom stereocenters. The van der Waals surface area contributed by atoms with Crippen LogP contribution in [0, 0.1) is 0 Å². The summed E-state index contributed by atoms with van der Waals surface area (Å²) < 4.78 is 16.3. The predicted octanol–water partition coefficient (Wildman–Crippen LogP) is 4.26. The van der Waals surface area contributed by atoms with Crippen molar-refractivity contribution in [3.05, 3.63) is 53.1 Å². The summed E-state index contributed by atoms with van der Waals surface area (Å²) >= 11 is 5.95. The third-order valence-corrected chi connectivity index (χ3v) is 4.36. The van der Waals surface area contributed by atoms with E-state index >= 15 is 0 Å². The Bertz CT molecular complexity index is 751. The van der Waals surface area contributed by atoms with Gasteiger partial charge >= 0.3 is 0 Å². The monoisotopic (exact) mass is 391 g/mol. The minimum Gasteiger partial charge on any atom is -0.493 e. The second-order valence-corrected chi connectivity index (χ2v) is 6.49. The van der Waals surface area contributed by atoms with Crippen LogP contribution in [0.2, 0.25) is 5.02 Å². The van der Waals surface area contributed by atoms with Crippen molar-refractivity contribution >= 4 is 17.5 Å². The molecule has 2 aromatic rings. The van der Waals surface area contributed by atoms with E-state index in [0.29, 0.717) is 35.2 Å². The summed E-state index contributed by atoms with van der Waals surface area (Å²) in [5, 5.41) is 3.52. The van der Waals surface area contributed by atoms with Crippen LogP contribution in [0.25, 0.3) is 0 Å². The second-order valence-electron chi connectivity index (χ2n) is 6.06. The highest BCUT2D eigenvalue weighted by molar-refractivity contribution is 6.30. The first-order valence-electron chi connectivity index (χ1n) is 8.98. The van der Waals surface area contributed by atoms with E-state index in [4.69, 9.17) is 25.8 Å². The lowest BCUT2D eigenvalue weighted by atomic mass is 10.1. The largest absolute Gasteiger partial charge is 0.493 e. The van der Waals surface area contributed by atoms with Crippen molar-refractivity contribution in [3.8, 4) is 17.2 Å². The van der Waals surface area contributed by atoms with E-state index < -0.39 is 6.10 Å². The standard InChI is InChI=1S/C21H26ClNO4/c1-4-18(27-17-9-5-8-16(22)14-17)21(24)23-12-6-7-15-10-11-19(25-2)20(13-15)26-3/h5,8-11,13-14,18H,4,6-7,12H2,1-3H3,(H,23,24)/t18-/m1/s1. The fourth-order valence-corrected chi connectivity index (χ4v) is 2.86. The highest BCUT2D eigenvalue weighted by Crippen LogP contribution is 2.27. The Balaban J connectivity index is 1.80. The average Bonchev–Trinajstić information content (AvgIpc) is 2.69. The maximum Gasteiger partial charge on any atom is 0.261 e. The Morgan fingerprint density at radius 1 is 1.11 bits per heavy atom. The average molecular weight is 392 g/mol. The maximum absolute atomic E-state index is 12.4. The number of benzene rings is 2. The summed E-state index contributed by atoms with van der Waals surface area (Å²) in [5.41, 5.74) is 1.13. The van der Waals surface area contributed by atoms with Gasteiger partial charge in [0.25, 0.3) is 5.91 Å². The van der Waals surface area contributed by atoms with Crippen LogP contribution in [0.1, 0.15) is 25.3 Å². The molecule has 0 spiro atoms. The maximum atomic E-state index is 12.4. The zero-order chi connectivity index (χ0) is 19.6. The molecule has 0 saturated heterocycles. The molecule has 1 N–H and O–H groups in total. The van der Waals surface area contributed by atoms with Gasteiger partial charge in [0.05, 0.1) is 14.2 Å². The van der Waals surface area contributed by atoms with Gasteiger partial charge in [-0.3, -0.25) is 4.79 Å². The van der Waals surface area contributed by atoms with E-state index in [1.807, 2.05) is 25.1 Å². The van der Waals surface area contributed by atoms with E-state index in [9.17, 15) is 4.79 Å². The quantitative estimate of drug-likeness (QED) is 0.615. The second kappa shape index (κ2) is 10.7. The summed E-state index contributed by atoms with van der Waals surface area (Å²) in [6, 6.07) is 12.9. The number of hydrogen-bond donors (Lipinski definition) is 1. The van der Waals surface area contributed by atoms with Crippen molar-refractivity contribution in [1.82, 2.24) is 5.32 Å². The first-order valence-corrected chi connectivity index (χ1v) is 9.36.